The number of carboxylic acids is 1. The molecule has 1 spiro atoms. The summed E-state index contributed by atoms with van der Waals surface area (Å²) >= 11 is 0. The smallest absolute Gasteiger partial charge is 0.337 e. The van der Waals surface area contributed by atoms with Gasteiger partial charge in [0.05, 0.1) is 18.8 Å². The van der Waals surface area contributed by atoms with Crippen LogP contribution in [0.3, 0.4) is 0 Å². The molecule has 0 saturated carbocycles. The summed E-state index contributed by atoms with van der Waals surface area (Å²) in [6.07, 6.45) is 5.58. The molecule has 0 aliphatic carbocycles. The van der Waals surface area contributed by atoms with Gasteiger partial charge in [-0.2, -0.15) is 0 Å². The van der Waals surface area contributed by atoms with E-state index in [1.807, 2.05) is 0 Å². The normalized spacial score (nSPS) is 22.1. The summed E-state index contributed by atoms with van der Waals surface area (Å²) in [5, 5.41) is 8.98. The van der Waals surface area contributed by atoms with Gasteiger partial charge in [-0.15, -0.1) is 0 Å². The standard InChI is InChI=1S/C14H18N2O3/c17-13(18)12-4-11(5-15-6-12)7-16-3-1-2-14(8-16)9-19-10-14/h4-6H,1-3,7-10H2,(H,17,18). The molecule has 3 heterocycles. The molecule has 1 N–H and O–H groups in total. The molecule has 2 saturated heterocycles. The van der Waals surface area contributed by atoms with Gasteiger partial charge >= 0.3 is 5.97 Å². The number of hydrogen-bond donors (Lipinski definition) is 1. The molecule has 5 heteroatoms. The third kappa shape index (κ3) is 2.62. The van der Waals surface area contributed by atoms with Crippen molar-refractivity contribution in [3.63, 3.8) is 0 Å². The Morgan fingerprint density at radius 2 is 2.32 bits per heavy atom. The van der Waals surface area contributed by atoms with E-state index in [0.717, 1.165) is 38.4 Å². The van der Waals surface area contributed by atoms with E-state index >= 15 is 0 Å². The Bertz CT molecular complexity index is 485. The maximum atomic E-state index is 10.9. The summed E-state index contributed by atoms with van der Waals surface area (Å²) < 4.78 is 5.35. The molecule has 0 amide bonds. The summed E-state index contributed by atoms with van der Waals surface area (Å²) in [5.41, 5.74) is 1.59. The number of carboxylic acid groups (broad SMARTS) is 1. The number of hydrogen-bond acceptors (Lipinski definition) is 4. The molecule has 0 atom stereocenters. The van der Waals surface area contributed by atoms with Crippen molar-refractivity contribution in [2.45, 2.75) is 19.4 Å². The molecule has 0 radical (unpaired) electrons. The lowest BCUT2D eigenvalue weighted by molar-refractivity contribution is -0.145. The summed E-state index contributed by atoms with van der Waals surface area (Å²) in [4.78, 5) is 17.3. The minimum atomic E-state index is -0.920. The fraction of sp³-hybridized carbons (Fsp3) is 0.571. The molecule has 3 rings (SSSR count). The number of aromatic nitrogens is 1. The molecule has 0 aromatic carbocycles. The van der Waals surface area contributed by atoms with Gasteiger partial charge in [-0.05, 0) is 31.0 Å². The maximum absolute atomic E-state index is 10.9. The second kappa shape index (κ2) is 4.90. The van der Waals surface area contributed by atoms with Crippen LogP contribution in [0, 0.1) is 5.41 Å². The number of likely N-dealkylation sites (tertiary alicyclic amines) is 1. The van der Waals surface area contributed by atoms with Crippen LogP contribution in [0.15, 0.2) is 18.5 Å². The SMILES string of the molecule is O=C(O)c1cncc(CN2CCCC3(COC3)C2)c1. The van der Waals surface area contributed by atoms with Gasteiger partial charge in [0.2, 0.25) is 0 Å². The van der Waals surface area contributed by atoms with Gasteiger partial charge in [-0.3, -0.25) is 9.88 Å². The average Bonchev–Trinajstić information content (AvgIpc) is 2.37. The van der Waals surface area contributed by atoms with Crippen LogP contribution in [0.4, 0.5) is 0 Å². The summed E-state index contributed by atoms with van der Waals surface area (Å²) in [6, 6.07) is 1.72. The van der Waals surface area contributed by atoms with E-state index in [1.165, 1.54) is 19.0 Å². The van der Waals surface area contributed by atoms with Crippen LogP contribution >= 0.6 is 0 Å². The molecule has 2 fully saturated rings. The van der Waals surface area contributed by atoms with Gasteiger partial charge in [-0.25, -0.2) is 4.79 Å². The van der Waals surface area contributed by atoms with Crippen LogP contribution in [-0.4, -0.2) is 47.3 Å². The van der Waals surface area contributed by atoms with Crippen LogP contribution in [-0.2, 0) is 11.3 Å². The van der Waals surface area contributed by atoms with Crippen molar-refractivity contribution in [1.29, 1.82) is 0 Å². The molecule has 19 heavy (non-hydrogen) atoms. The zero-order valence-electron chi connectivity index (χ0n) is 10.8. The third-order valence-corrected chi connectivity index (χ3v) is 4.00. The summed E-state index contributed by atoms with van der Waals surface area (Å²) in [5.74, 6) is -0.920. The zero-order valence-corrected chi connectivity index (χ0v) is 10.8. The highest BCUT2D eigenvalue weighted by Crippen LogP contribution is 2.37. The third-order valence-electron chi connectivity index (χ3n) is 4.00. The number of rotatable bonds is 3. The Balaban J connectivity index is 1.67. The van der Waals surface area contributed by atoms with E-state index in [-0.39, 0.29) is 5.56 Å². The van der Waals surface area contributed by atoms with Gasteiger partial charge in [0, 0.05) is 30.9 Å². The van der Waals surface area contributed by atoms with E-state index in [4.69, 9.17) is 9.84 Å². The predicted molar refractivity (Wildman–Crippen MR) is 69.0 cm³/mol. The van der Waals surface area contributed by atoms with Crippen molar-refractivity contribution in [2.24, 2.45) is 5.41 Å². The molecular weight excluding hydrogens is 244 g/mol. The van der Waals surface area contributed by atoms with Gasteiger partial charge in [0.1, 0.15) is 0 Å². The van der Waals surface area contributed by atoms with Crippen LogP contribution in [0.2, 0.25) is 0 Å². The fourth-order valence-corrected chi connectivity index (χ4v) is 3.02. The lowest BCUT2D eigenvalue weighted by atomic mass is 9.78. The zero-order chi connectivity index (χ0) is 13.3. The second-order valence-electron chi connectivity index (χ2n) is 5.69. The highest BCUT2D eigenvalue weighted by Gasteiger charge is 2.41. The molecule has 0 bridgehead atoms. The maximum Gasteiger partial charge on any atom is 0.337 e. The quantitative estimate of drug-likeness (QED) is 0.892. The molecule has 5 nitrogen and oxygen atoms in total. The van der Waals surface area contributed by atoms with Crippen molar-refractivity contribution >= 4 is 5.97 Å². The minimum absolute atomic E-state index is 0.260. The highest BCUT2D eigenvalue weighted by molar-refractivity contribution is 5.87. The molecule has 1 aromatic rings. The van der Waals surface area contributed by atoms with Crippen molar-refractivity contribution in [3.8, 4) is 0 Å². The van der Waals surface area contributed by atoms with E-state index < -0.39 is 5.97 Å². The van der Waals surface area contributed by atoms with Crippen LogP contribution < -0.4 is 0 Å². The number of aromatic carboxylic acids is 1. The summed E-state index contributed by atoms with van der Waals surface area (Å²) in [6.45, 7) is 4.63. The molecule has 0 unspecified atom stereocenters. The minimum Gasteiger partial charge on any atom is -0.478 e. The molecule has 2 aliphatic rings. The van der Waals surface area contributed by atoms with Gasteiger partial charge < -0.3 is 9.84 Å². The first-order valence-electron chi connectivity index (χ1n) is 6.64. The van der Waals surface area contributed by atoms with E-state index in [0.29, 0.717) is 5.41 Å². The topological polar surface area (TPSA) is 62.7 Å². The largest absolute Gasteiger partial charge is 0.478 e. The number of piperidine rings is 1. The Morgan fingerprint density at radius 3 is 3.00 bits per heavy atom. The van der Waals surface area contributed by atoms with Crippen molar-refractivity contribution in [3.05, 3.63) is 29.6 Å². The Kier molecular flexibility index (Phi) is 3.24. The first kappa shape index (κ1) is 12.6. The monoisotopic (exact) mass is 262 g/mol. The fourth-order valence-electron chi connectivity index (χ4n) is 3.02. The number of nitrogens with zero attached hydrogens (tertiary/aromatic N) is 2. The Labute approximate surface area is 112 Å². The van der Waals surface area contributed by atoms with Gasteiger partial charge in [-0.1, -0.05) is 0 Å². The van der Waals surface area contributed by atoms with Crippen LogP contribution in [0.25, 0.3) is 0 Å². The second-order valence-corrected chi connectivity index (χ2v) is 5.69. The van der Waals surface area contributed by atoms with E-state index in [1.54, 1.807) is 12.3 Å². The average molecular weight is 262 g/mol. The van der Waals surface area contributed by atoms with Crippen LogP contribution in [0.1, 0.15) is 28.8 Å². The predicted octanol–water partition coefficient (Wildman–Crippen LogP) is 1.39. The Hall–Kier alpha value is -1.46. The molecule has 1 aromatic heterocycles. The van der Waals surface area contributed by atoms with Gasteiger partial charge in [0.25, 0.3) is 0 Å². The summed E-state index contributed by atoms with van der Waals surface area (Å²) in [7, 11) is 0. The lowest BCUT2D eigenvalue weighted by Crippen LogP contribution is -2.53. The number of ether oxygens (including phenoxy) is 1. The number of carbonyl (C=O) groups is 1. The van der Waals surface area contributed by atoms with Crippen LogP contribution in [0.5, 0.6) is 0 Å². The number of pyridine rings is 1. The highest BCUT2D eigenvalue weighted by atomic mass is 16.5. The van der Waals surface area contributed by atoms with Crippen molar-refractivity contribution in [1.82, 2.24) is 9.88 Å². The molecule has 2 aliphatic heterocycles. The first-order chi connectivity index (χ1) is 9.17. The lowest BCUT2D eigenvalue weighted by Gasteiger charge is -2.48. The van der Waals surface area contributed by atoms with E-state index in [2.05, 4.69) is 9.88 Å². The van der Waals surface area contributed by atoms with E-state index in [9.17, 15) is 4.79 Å². The molecule has 102 valence electrons. The van der Waals surface area contributed by atoms with Gasteiger partial charge in [0.15, 0.2) is 0 Å². The van der Waals surface area contributed by atoms with Crippen molar-refractivity contribution < 1.29 is 14.6 Å². The molecular formula is C14H18N2O3. The van der Waals surface area contributed by atoms with Crippen molar-refractivity contribution in [2.75, 3.05) is 26.3 Å². The first-order valence-corrected chi connectivity index (χ1v) is 6.64. The Morgan fingerprint density at radius 1 is 1.47 bits per heavy atom.